The zero-order chi connectivity index (χ0) is 11.4. The van der Waals surface area contributed by atoms with Gasteiger partial charge in [0.15, 0.2) is 0 Å². The number of ether oxygens (including phenoxy) is 1. The highest BCUT2D eigenvalue weighted by Gasteiger charge is 2.31. The maximum absolute atomic E-state index is 11.5. The molecule has 16 heavy (non-hydrogen) atoms. The van der Waals surface area contributed by atoms with Gasteiger partial charge in [0.2, 0.25) is 0 Å². The molecule has 2 unspecified atom stereocenters. The van der Waals surface area contributed by atoms with Crippen molar-refractivity contribution in [2.45, 2.75) is 51.5 Å². The van der Waals surface area contributed by atoms with E-state index in [-0.39, 0.29) is 12.0 Å². The van der Waals surface area contributed by atoms with Gasteiger partial charge in [-0.3, -0.25) is 4.79 Å². The highest BCUT2D eigenvalue weighted by Crippen LogP contribution is 2.35. The number of carbonyl (C=O) groups excluding carboxylic acids is 1. The lowest BCUT2D eigenvalue weighted by Gasteiger charge is -2.32. The van der Waals surface area contributed by atoms with E-state index in [0.29, 0.717) is 6.61 Å². The highest BCUT2D eigenvalue weighted by atomic mass is 16.5. The fourth-order valence-corrected chi connectivity index (χ4v) is 3.15. The fraction of sp³-hybridized carbons (Fsp3) is 0.923. The molecular formula is C13H23NO2. The number of carbonyl (C=O) groups is 1. The topological polar surface area (TPSA) is 38.3 Å². The average molecular weight is 225 g/mol. The molecule has 0 aromatic heterocycles. The van der Waals surface area contributed by atoms with Gasteiger partial charge in [0.25, 0.3) is 0 Å². The summed E-state index contributed by atoms with van der Waals surface area (Å²) in [5.41, 5.74) is 0. The molecule has 92 valence electrons. The smallest absolute Gasteiger partial charge is 0.323 e. The summed E-state index contributed by atoms with van der Waals surface area (Å²) in [6.07, 6.45) is 7.76. The van der Waals surface area contributed by atoms with Crippen molar-refractivity contribution < 1.29 is 9.53 Å². The molecule has 1 heterocycles. The van der Waals surface area contributed by atoms with Crippen LogP contribution in [0, 0.1) is 11.8 Å². The Kier molecular flexibility index (Phi) is 4.22. The number of hydrogen-bond acceptors (Lipinski definition) is 3. The van der Waals surface area contributed by atoms with Gasteiger partial charge in [0.1, 0.15) is 6.04 Å². The Morgan fingerprint density at radius 1 is 1.19 bits per heavy atom. The minimum Gasteiger partial charge on any atom is -0.465 e. The molecule has 0 radical (unpaired) electrons. The van der Waals surface area contributed by atoms with E-state index in [0.717, 1.165) is 24.8 Å². The van der Waals surface area contributed by atoms with Gasteiger partial charge in [-0.25, -0.2) is 0 Å². The van der Waals surface area contributed by atoms with Gasteiger partial charge in [0, 0.05) is 0 Å². The zero-order valence-corrected chi connectivity index (χ0v) is 10.2. The first kappa shape index (κ1) is 11.9. The summed E-state index contributed by atoms with van der Waals surface area (Å²) < 4.78 is 5.04. The van der Waals surface area contributed by atoms with Crippen LogP contribution in [0.15, 0.2) is 0 Å². The van der Waals surface area contributed by atoms with Crippen LogP contribution in [0.5, 0.6) is 0 Å². The van der Waals surface area contributed by atoms with E-state index in [1.807, 2.05) is 6.92 Å². The van der Waals surface area contributed by atoms with E-state index < -0.39 is 0 Å². The third-order valence-corrected chi connectivity index (χ3v) is 4.09. The van der Waals surface area contributed by atoms with Crippen molar-refractivity contribution in [3.8, 4) is 0 Å². The first-order chi connectivity index (χ1) is 7.81. The molecule has 1 aliphatic heterocycles. The molecule has 1 saturated carbocycles. The lowest BCUT2D eigenvalue weighted by Crippen LogP contribution is -2.46. The summed E-state index contributed by atoms with van der Waals surface area (Å²) in [5, 5.41) is 3.36. The quantitative estimate of drug-likeness (QED) is 0.748. The van der Waals surface area contributed by atoms with Crippen LogP contribution in [-0.4, -0.2) is 25.2 Å². The van der Waals surface area contributed by atoms with Crippen molar-refractivity contribution in [2.75, 3.05) is 13.2 Å². The molecule has 2 fully saturated rings. The van der Waals surface area contributed by atoms with E-state index in [1.54, 1.807) is 0 Å². The average Bonchev–Trinajstić information content (AvgIpc) is 2.83. The highest BCUT2D eigenvalue weighted by molar-refractivity contribution is 5.75. The van der Waals surface area contributed by atoms with Crippen LogP contribution < -0.4 is 5.32 Å². The number of nitrogens with one attached hydrogen (secondary N) is 1. The minimum atomic E-state index is -0.0626. The SMILES string of the molecule is CCOC(=O)C1CCC(C2CCCC2)CN1. The van der Waals surface area contributed by atoms with Crippen molar-refractivity contribution in [3.63, 3.8) is 0 Å². The summed E-state index contributed by atoms with van der Waals surface area (Å²) in [4.78, 5) is 11.5. The predicted octanol–water partition coefficient (Wildman–Crippen LogP) is 2.11. The molecule has 0 aromatic carbocycles. The van der Waals surface area contributed by atoms with Crippen LogP contribution in [0.1, 0.15) is 45.4 Å². The van der Waals surface area contributed by atoms with Gasteiger partial charge < -0.3 is 10.1 Å². The number of piperidine rings is 1. The fourth-order valence-electron chi connectivity index (χ4n) is 3.15. The van der Waals surface area contributed by atoms with Crippen LogP contribution in [0.4, 0.5) is 0 Å². The molecule has 2 rings (SSSR count). The molecule has 1 N–H and O–H groups in total. The van der Waals surface area contributed by atoms with Gasteiger partial charge in [-0.2, -0.15) is 0 Å². The van der Waals surface area contributed by atoms with Gasteiger partial charge in [-0.1, -0.05) is 25.7 Å². The third kappa shape index (κ3) is 2.76. The van der Waals surface area contributed by atoms with Crippen molar-refractivity contribution in [1.29, 1.82) is 0 Å². The third-order valence-electron chi connectivity index (χ3n) is 4.09. The Morgan fingerprint density at radius 3 is 2.50 bits per heavy atom. The van der Waals surface area contributed by atoms with Gasteiger partial charge in [0.05, 0.1) is 6.61 Å². The molecule has 3 heteroatoms. The molecule has 1 saturated heterocycles. The van der Waals surface area contributed by atoms with E-state index in [4.69, 9.17) is 4.74 Å². The standard InChI is InChI=1S/C13H23NO2/c1-2-16-13(15)12-8-7-11(9-14-12)10-5-3-4-6-10/h10-12,14H,2-9H2,1H3. The molecule has 0 spiro atoms. The Hall–Kier alpha value is -0.570. The molecule has 0 aromatic rings. The Labute approximate surface area is 97.9 Å². The van der Waals surface area contributed by atoms with Crippen molar-refractivity contribution >= 4 is 5.97 Å². The Balaban J connectivity index is 1.75. The summed E-state index contributed by atoms with van der Waals surface area (Å²) in [6, 6.07) is -0.0439. The van der Waals surface area contributed by atoms with Crippen LogP contribution in [0.25, 0.3) is 0 Å². The number of hydrogen-bond donors (Lipinski definition) is 1. The van der Waals surface area contributed by atoms with Gasteiger partial charge in [-0.05, 0) is 38.1 Å². The van der Waals surface area contributed by atoms with Crippen molar-refractivity contribution in [2.24, 2.45) is 11.8 Å². The van der Waals surface area contributed by atoms with E-state index in [1.165, 1.54) is 32.1 Å². The normalized spacial score (nSPS) is 31.6. The maximum atomic E-state index is 11.5. The van der Waals surface area contributed by atoms with Crippen molar-refractivity contribution in [1.82, 2.24) is 5.32 Å². The lowest BCUT2D eigenvalue weighted by molar-refractivity contribution is -0.146. The van der Waals surface area contributed by atoms with E-state index >= 15 is 0 Å². The van der Waals surface area contributed by atoms with Gasteiger partial charge >= 0.3 is 5.97 Å². The Bertz CT molecular complexity index is 228. The molecule has 0 bridgehead atoms. The molecule has 2 aliphatic rings. The summed E-state index contributed by atoms with van der Waals surface area (Å²) in [5.74, 6) is 1.65. The van der Waals surface area contributed by atoms with E-state index in [9.17, 15) is 4.79 Å². The predicted molar refractivity (Wildman–Crippen MR) is 63.1 cm³/mol. The number of esters is 1. The second-order valence-corrected chi connectivity index (χ2v) is 5.09. The first-order valence-electron chi connectivity index (χ1n) is 6.71. The minimum absolute atomic E-state index is 0.0439. The largest absolute Gasteiger partial charge is 0.465 e. The zero-order valence-electron chi connectivity index (χ0n) is 10.2. The molecule has 0 amide bonds. The summed E-state index contributed by atoms with van der Waals surface area (Å²) in [6.45, 7) is 3.36. The summed E-state index contributed by atoms with van der Waals surface area (Å²) in [7, 11) is 0. The second-order valence-electron chi connectivity index (χ2n) is 5.09. The molecule has 2 atom stereocenters. The lowest BCUT2D eigenvalue weighted by atomic mass is 9.83. The second kappa shape index (κ2) is 5.67. The van der Waals surface area contributed by atoms with Gasteiger partial charge in [-0.15, -0.1) is 0 Å². The molecular weight excluding hydrogens is 202 g/mol. The number of rotatable bonds is 3. The van der Waals surface area contributed by atoms with E-state index in [2.05, 4.69) is 5.32 Å². The first-order valence-corrected chi connectivity index (χ1v) is 6.71. The van der Waals surface area contributed by atoms with Crippen LogP contribution in [-0.2, 0) is 9.53 Å². The maximum Gasteiger partial charge on any atom is 0.323 e. The monoisotopic (exact) mass is 225 g/mol. The van der Waals surface area contributed by atoms with Crippen LogP contribution >= 0.6 is 0 Å². The van der Waals surface area contributed by atoms with Crippen LogP contribution in [0.3, 0.4) is 0 Å². The summed E-state index contributed by atoms with van der Waals surface area (Å²) >= 11 is 0. The molecule has 3 nitrogen and oxygen atoms in total. The van der Waals surface area contributed by atoms with Crippen LogP contribution in [0.2, 0.25) is 0 Å². The Morgan fingerprint density at radius 2 is 1.94 bits per heavy atom. The van der Waals surface area contributed by atoms with Crippen molar-refractivity contribution in [3.05, 3.63) is 0 Å². The molecule has 1 aliphatic carbocycles.